The Morgan fingerprint density at radius 2 is 2.05 bits per heavy atom. The molecule has 2 aliphatic rings. The van der Waals surface area contributed by atoms with E-state index in [1.54, 1.807) is 0 Å². The van der Waals surface area contributed by atoms with Gasteiger partial charge in [-0.1, -0.05) is 24.9 Å². The third-order valence-corrected chi connectivity index (χ3v) is 4.90. The summed E-state index contributed by atoms with van der Waals surface area (Å²) in [5, 5.41) is 0.717. The molecule has 1 aliphatic carbocycles. The van der Waals surface area contributed by atoms with E-state index in [4.69, 9.17) is 26.8 Å². The van der Waals surface area contributed by atoms with Crippen molar-refractivity contribution in [1.29, 1.82) is 0 Å². The Morgan fingerprint density at radius 3 is 2.63 bits per heavy atom. The van der Waals surface area contributed by atoms with E-state index < -0.39 is 0 Å². The third kappa shape index (κ3) is 1.91. The van der Waals surface area contributed by atoms with Gasteiger partial charge in [0.15, 0.2) is 11.5 Å². The predicted molar refractivity (Wildman–Crippen MR) is 76.4 cm³/mol. The summed E-state index contributed by atoms with van der Waals surface area (Å²) in [5.41, 5.74) is 8.59. The number of hydrogen-bond donors (Lipinski definition) is 1. The standard InChI is InChI=1S/C15H20ClNO2/c1-2-10-11(15(9-17)4-3-5-15)8-12-14(13(10)16)19-7-6-18-12/h8H,2-7,9,17H2,1H3. The van der Waals surface area contributed by atoms with Crippen LogP contribution < -0.4 is 15.2 Å². The van der Waals surface area contributed by atoms with Gasteiger partial charge in [-0.2, -0.15) is 0 Å². The van der Waals surface area contributed by atoms with E-state index in [0.29, 0.717) is 25.5 Å². The van der Waals surface area contributed by atoms with Gasteiger partial charge in [-0.05, 0) is 36.5 Å². The molecule has 0 radical (unpaired) electrons. The average molecular weight is 282 g/mol. The molecule has 1 aliphatic heterocycles. The molecule has 0 bridgehead atoms. The summed E-state index contributed by atoms with van der Waals surface area (Å²) in [7, 11) is 0. The fraction of sp³-hybridized carbons (Fsp3) is 0.600. The summed E-state index contributed by atoms with van der Waals surface area (Å²) >= 11 is 6.53. The van der Waals surface area contributed by atoms with Gasteiger partial charge >= 0.3 is 0 Å². The molecule has 104 valence electrons. The van der Waals surface area contributed by atoms with Crippen LogP contribution in [-0.2, 0) is 11.8 Å². The van der Waals surface area contributed by atoms with Crippen LogP contribution in [0.1, 0.15) is 37.3 Å². The molecule has 19 heavy (non-hydrogen) atoms. The zero-order chi connectivity index (χ0) is 13.5. The first kappa shape index (κ1) is 13.1. The Balaban J connectivity index is 2.15. The van der Waals surface area contributed by atoms with Gasteiger partial charge in [0.1, 0.15) is 13.2 Å². The van der Waals surface area contributed by atoms with Crippen molar-refractivity contribution in [2.45, 2.75) is 38.0 Å². The molecule has 1 heterocycles. The van der Waals surface area contributed by atoms with Crippen molar-refractivity contribution in [2.75, 3.05) is 19.8 Å². The van der Waals surface area contributed by atoms with Crippen molar-refractivity contribution in [3.05, 3.63) is 22.2 Å². The smallest absolute Gasteiger partial charge is 0.180 e. The number of ether oxygens (including phenoxy) is 2. The van der Waals surface area contributed by atoms with E-state index in [1.165, 1.54) is 17.5 Å². The zero-order valence-electron chi connectivity index (χ0n) is 11.3. The first-order chi connectivity index (χ1) is 9.22. The summed E-state index contributed by atoms with van der Waals surface area (Å²) in [6.07, 6.45) is 4.43. The summed E-state index contributed by atoms with van der Waals surface area (Å²) in [6, 6.07) is 2.12. The lowest BCUT2D eigenvalue weighted by molar-refractivity contribution is 0.170. The first-order valence-electron chi connectivity index (χ1n) is 7.03. The molecular formula is C15H20ClNO2. The fourth-order valence-electron chi connectivity index (χ4n) is 3.19. The lowest BCUT2D eigenvalue weighted by Crippen LogP contribution is -2.42. The molecular weight excluding hydrogens is 262 g/mol. The second-order valence-electron chi connectivity index (χ2n) is 5.43. The van der Waals surface area contributed by atoms with Gasteiger partial charge in [-0.3, -0.25) is 0 Å². The minimum absolute atomic E-state index is 0.102. The van der Waals surface area contributed by atoms with Crippen molar-refractivity contribution < 1.29 is 9.47 Å². The van der Waals surface area contributed by atoms with Gasteiger partial charge in [-0.15, -0.1) is 0 Å². The van der Waals surface area contributed by atoms with E-state index >= 15 is 0 Å². The van der Waals surface area contributed by atoms with Crippen LogP contribution in [-0.4, -0.2) is 19.8 Å². The number of nitrogens with two attached hydrogens (primary N) is 1. The molecule has 0 amide bonds. The first-order valence-corrected chi connectivity index (χ1v) is 7.41. The molecule has 1 aromatic carbocycles. The molecule has 3 nitrogen and oxygen atoms in total. The largest absolute Gasteiger partial charge is 0.486 e. The Bertz CT molecular complexity index is 492. The molecule has 2 N–H and O–H groups in total. The van der Waals surface area contributed by atoms with Gasteiger partial charge in [0.2, 0.25) is 0 Å². The van der Waals surface area contributed by atoms with Crippen LogP contribution in [0.2, 0.25) is 5.02 Å². The van der Waals surface area contributed by atoms with Crippen LogP contribution in [0.25, 0.3) is 0 Å². The predicted octanol–water partition coefficient (Wildman–Crippen LogP) is 3.05. The minimum atomic E-state index is 0.102. The number of benzene rings is 1. The average Bonchev–Trinajstić information content (AvgIpc) is 2.39. The number of hydrogen-bond acceptors (Lipinski definition) is 3. The van der Waals surface area contributed by atoms with Crippen LogP contribution in [0.3, 0.4) is 0 Å². The maximum Gasteiger partial charge on any atom is 0.180 e. The van der Waals surface area contributed by atoms with Gasteiger partial charge < -0.3 is 15.2 Å². The van der Waals surface area contributed by atoms with Crippen molar-refractivity contribution in [3.8, 4) is 11.5 Å². The van der Waals surface area contributed by atoms with Crippen LogP contribution in [0, 0.1) is 0 Å². The van der Waals surface area contributed by atoms with Crippen LogP contribution in [0.4, 0.5) is 0 Å². The fourth-order valence-corrected chi connectivity index (χ4v) is 3.57. The van der Waals surface area contributed by atoms with Crippen LogP contribution in [0.15, 0.2) is 6.07 Å². The molecule has 3 rings (SSSR count). The number of halogens is 1. The van der Waals surface area contributed by atoms with Crippen molar-refractivity contribution in [2.24, 2.45) is 5.73 Å². The Morgan fingerprint density at radius 1 is 1.32 bits per heavy atom. The molecule has 4 heteroatoms. The Kier molecular flexibility index (Phi) is 3.35. The third-order valence-electron chi connectivity index (χ3n) is 4.50. The summed E-state index contributed by atoms with van der Waals surface area (Å²) in [5.74, 6) is 1.49. The van der Waals surface area contributed by atoms with Crippen molar-refractivity contribution in [1.82, 2.24) is 0 Å². The molecule has 0 saturated heterocycles. The summed E-state index contributed by atoms with van der Waals surface area (Å²) in [6.45, 7) is 3.96. The molecule has 0 spiro atoms. The minimum Gasteiger partial charge on any atom is -0.486 e. The van der Waals surface area contributed by atoms with E-state index in [-0.39, 0.29) is 5.41 Å². The Hall–Kier alpha value is -0.930. The van der Waals surface area contributed by atoms with Crippen molar-refractivity contribution in [3.63, 3.8) is 0 Å². The molecule has 0 unspecified atom stereocenters. The zero-order valence-corrected chi connectivity index (χ0v) is 12.1. The quantitative estimate of drug-likeness (QED) is 0.926. The van der Waals surface area contributed by atoms with E-state index in [2.05, 4.69) is 13.0 Å². The van der Waals surface area contributed by atoms with Gasteiger partial charge in [0.05, 0.1) is 5.02 Å². The lowest BCUT2D eigenvalue weighted by atomic mass is 9.63. The topological polar surface area (TPSA) is 44.5 Å². The van der Waals surface area contributed by atoms with E-state index in [0.717, 1.165) is 30.0 Å². The van der Waals surface area contributed by atoms with Crippen molar-refractivity contribution >= 4 is 11.6 Å². The summed E-state index contributed by atoms with van der Waals surface area (Å²) in [4.78, 5) is 0. The highest BCUT2D eigenvalue weighted by Crippen LogP contribution is 2.50. The normalized spacial score (nSPS) is 19.9. The van der Waals surface area contributed by atoms with E-state index in [9.17, 15) is 0 Å². The summed E-state index contributed by atoms with van der Waals surface area (Å²) < 4.78 is 11.4. The Labute approximate surface area is 119 Å². The molecule has 1 aromatic rings. The SMILES string of the molecule is CCc1c(C2(CN)CCC2)cc2c(c1Cl)OCCO2. The second kappa shape index (κ2) is 4.88. The molecule has 0 aromatic heterocycles. The highest BCUT2D eigenvalue weighted by molar-refractivity contribution is 6.33. The highest BCUT2D eigenvalue weighted by atomic mass is 35.5. The van der Waals surface area contributed by atoms with Gasteiger partial charge in [0.25, 0.3) is 0 Å². The lowest BCUT2D eigenvalue weighted by Gasteiger charge is -2.43. The van der Waals surface area contributed by atoms with Crippen LogP contribution in [0.5, 0.6) is 11.5 Å². The monoisotopic (exact) mass is 281 g/mol. The van der Waals surface area contributed by atoms with E-state index in [1.807, 2.05) is 0 Å². The molecule has 0 atom stereocenters. The molecule has 1 fully saturated rings. The maximum atomic E-state index is 6.53. The maximum absolute atomic E-state index is 6.53. The van der Waals surface area contributed by atoms with Gasteiger partial charge in [0, 0.05) is 12.0 Å². The number of fused-ring (bicyclic) bond motifs is 1. The molecule has 1 saturated carbocycles. The van der Waals surface area contributed by atoms with Crippen LogP contribution >= 0.6 is 11.6 Å². The van der Waals surface area contributed by atoms with Gasteiger partial charge in [-0.25, -0.2) is 0 Å². The second-order valence-corrected chi connectivity index (χ2v) is 5.81. The number of rotatable bonds is 3. The highest BCUT2D eigenvalue weighted by Gasteiger charge is 2.40.